The van der Waals surface area contributed by atoms with Gasteiger partial charge in [0.25, 0.3) is 0 Å². The van der Waals surface area contributed by atoms with E-state index >= 15 is 0 Å². The molecule has 1 aromatic heterocycles. The van der Waals surface area contributed by atoms with Gasteiger partial charge >= 0.3 is 17.1 Å². The molecule has 0 aliphatic rings. The number of hydrogen-bond acceptors (Lipinski definition) is 3. The minimum Gasteiger partial charge on any atom is -0.304 e. The molecule has 0 unspecified atom stereocenters. The Bertz CT molecular complexity index is 429. The second kappa shape index (κ2) is 4.52. The van der Waals surface area contributed by atoms with E-state index in [1.807, 2.05) is 30.3 Å². The van der Waals surface area contributed by atoms with Crippen LogP contribution in [0.15, 0.2) is 42.7 Å². The smallest absolute Gasteiger partial charge is 0.304 e. The lowest BCUT2D eigenvalue weighted by atomic mass is 10.3. The summed E-state index contributed by atoms with van der Waals surface area (Å²) >= 11 is -0.754. The van der Waals surface area contributed by atoms with Crippen molar-refractivity contribution in [2.24, 2.45) is 0 Å². The quantitative estimate of drug-likeness (QED) is 0.762. The van der Waals surface area contributed by atoms with Crippen molar-refractivity contribution in [1.82, 2.24) is 8.75 Å². The monoisotopic (exact) mass is 221 g/mol. The predicted molar refractivity (Wildman–Crippen MR) is 59.3 cm³/mol. The number of para-hydroxylation sites is 1. The van der Waals surface area contributed by atoms with E-state index in [-0.39, 0.29) is 6.03 Å². The summed E-state index contributed by atoms with van der Waals surface area (Å²) in [7, 11) is 0. The van der Waals surface area contributed by atoms with E-state index < -0.39 is 11.0 Å². The number of nitrogens with zero attached hydrogens (tertiary/aromatic N) is 2. The highest BCUT2D eigenvalue weighted by Crippen LogP contribution is 2.07. The standard InChI is InChI=1S/C9H8N4OS/c14-9(13-15-10-6-7-11-15)12-8-4-2-1-3-5-8/h1-7H,(H-,12,13,14)/p+1. The molecule has 2 N–H and O–H groups in total. The van der Waals surface area contributed by atoms with Crippen LogP contribution in [0.4, 0.5) is 10.5 Å². The van der Waals surface area contributed by atoms with E-state index in [1.54, 1.807) is 12.4 Å². The third-order valence-corrected chi connectivity index (χ3v) is 2.61. The van der Waals surface area contributed by atoms with E-state index in [4.69, 9.17) is 0 Å². The van der Waals surface area contributed by atoms with Crippen LogP contribution < -0.4 is 10.0 Å². The Hall–Kier alpha value is -1.95. The van der Waals surface area contributed by atoms with Gasteiger partial charge in [-0.05, 0) is 12.1 Å². The Morgan fingerprint density at radius 2 is 1.80 bits per heavy atom. The minimum absolute atomic E-state index is 0.305. The lowest BCUT2D eigenvalue weighted by molar-refractivity contribution is 0.262. The first-order valence-electron chi connectivity index (χ1n) is 4.28. The van der Waals surface area contributed by atoms with Crippen LogP contribution in [0, 0.1) is 0 Å². The number of hydrogen-bond donors (Lipinski definition) is 2. The normalized spacial score (nSPS) is 9.60. The SMILES string of the molecule is O=C(Nc1ccccc1)N[s+]1nccn1. The molecule has 15 heavy (non-hydrogen) atoms. The van der Waals surface area contributed by atoms with Crippen LogP contribution in [0.25, 0.3) is 0 Å². The summed E-state index contributed by atoms with van der Waals surface area (Å²) in [6.45, 7) is 0. The number of carbonyl (C=O) groups excluding carboxylic acids is 1. The van der Waals surface area contributed by atoms with E-state index in [0.717, 1.165) is 5.69 Å². The Kier molecular flexibility index (Phi) is 2.89. The molecular formula is C9H9N4OS+. The van der Waals surface area contributed by atoms with Gasteiger partial charge in [-0.1, -0.05) is 22.9 Å². The summed E-state index contributed by atoms with van der Waals surface area (Å²) in [5, 5.41) is 2.68. The maximum atomic E-state index is 11.4. The number of anilines is 1. The second-order valence-corrected chi connectivity index (χ2v) is 3.85. The molecule has 2 rings (SSSR count). The third-order valence-electron chi connectivity index (χ3n) is 1.60. The van der Waals surface area contributed by atoms with Gasteiger partial charge in [-0.3, -0.25) is 0 Å². The van der Waals surface area contributed by atoms with Gasteiger partial charge in [-0.15, -0.1) is 0 Å². The number of rotatable bonds is 2. The number of nitrogens with one attached hydrogen (secondary N) is 2. The molecule has 0 atom stereocenters. The Morgan fingerprint density at radius 1 is 1.13 bits per heavy atom. The number of aromatic nitrogens is 2. The zero-order chi connectivity index (χ0) is 10.5. The molecule has 0 saturated carbocycles. The fraction of sp³-hybridized carbons (Fsp3) is 0. The van der Waals surface area contributed by atoms with Crippen LogP contribution in [0.1, 0.15) is 0 Å². The second-order valence-electron chi connectivity index (χ2n) is 2.70. The molecule has 1 heterocycles. The highest BCUT2D eigenvalue weighted by atomic mass is 32.2. The summed E-state index contributed by atoms with van der Waals surface area (Å²) in [5.41, 5.74) is 0.741. The zero-order valence-corrected chi connectivity index (χ0v) is 8.57. The Labute approximate surface area is 89.6 Å². The van der Waals surface area contributed by atoms with E-state index in [2.05, 4.69) is 18.8 Å². The first kappa shape index (κ1) is 9.60. The van der Waals surface area contributed by atoms with Gasteiger partial charge in [0.15, 0.2) is 0 Å². The lowest BCUT2D eigenvalue weighted by Gasteiger charge is -1.99. The first-order chi connectivity index (χ1) is 7.34. The number of amides is 2. The van der Waals surface area contributed by atoms with Gasteiger partial charge < -0.3 is 5.32 Å². The Morgan fingerprint density at radius 3 is 2.47 bits per heavy atom. The van der Waals surface area contributed by atoms with Gasteiger partial charge in [-0.2, -0.15) is 0 Å². The molecular weight excluding hydrogens is 212 g/mol. The highest BCUT2D eigenvalue weighted by Gasteiger charge is 2.12. The number of carbonyl (C=O) groups is 1. The summed E-state index contributed by atoms with van der Waals surface area (Å²) < 4.78 is 10.5. The molecule has 0 bridgehead atoms. The van der Waals surface area contributed by atoms with E-state index in [1.165, 1.54) is 0 Å². The third kappa shape index (κ3) is 2.75. The molecule has 76 valence electrons. The first-order valence-corrected chi connectivity index (χ1v) is 5.42. The molecule has 0 radical (unpaired) electrons. The number of benzene rings is 1. The number of urea groups is 1. The molecule has 0 fully saturated rings. The topological polar surface area (TPSA) is 66.9 Å². The van der Waals surface area contributed by atoms with Crippen molar-refractivity contribution in [3.63, 3.8) is 0 Å². The average Bonchev–Trinajstić information content (AvgIpc) is 2.71. The van der Waals surface area contributed by atoms with Crippen molar-refractivity contribution < 1.29 is 4.79 Å². The van der Waals surface area contributed by atoms with Crippen LogP contribution >= 0.6 is 11.0 Å². The van der Waals surface area contributed by atoms with Crippen molar-refractivity contribution in [2.45, 2.75) is 0 Å². The summed E-state index contributed by atoms with van der Waals surface area (Å²) in [4.78, 5) is 11.4. The van der Waals surface area contributed by atoms with Gasteiger partial charge in [-0.25, -0.2) is 4.79 Å². The highest BCUT2D eigenvalue weighted by molar-refractivity contribution is 7.24. The van der Waals surface area contributed by atoms with Crippen LogP contribution in [0.2, 0.25) is 0 Å². The van der Waals surface area contributed by atoms with E-state index in [0.29, 0.717) is 0 Å². The van der Waals surface area contributed by atoms with Crippen molar-refractivity contribution in [3.8, 4) is 0 Å². The van der Waals surface area contributed by atoms with Crippen molar-refractivity contribution in [1.29, 1.82) is 0 Å². The van der Waals surface area contributed by atoms with Crippen molar-refractivity contribution in [2.75, 3.05) is 10.0 Å². The molecule has 6 heteroatoms. The van der Waals surface area contributed by atoms with Gasteiger partial charge in [0.2, 0.25) is 0 Å². The maximum Gasteiger partial charge on any atom is 0.367 e. The zero-order valence-electron chi connectivity index (χ0n) is 7.75. The Balaban J connectivity index is 1.94. The molecule has 0 aliphatic carbocycles. The van der Waals surface area contributed by atoms with Crippen LogP contribution in [-0.4, -0.2) is 14.8 Å². The fourth-order valence-electron chi connectivity index (χ4n) is 1.01. The molecule has 5 nitrogen and oxygen atoms in total. The van der Waals surface area contributed by atoms with Crippen molar-refractivity contribution in [3.05, 3.63) is 42.7 Å². The maximum absolute atomic E-state index is 11.4. The van der Waals surface area contributed by atoms with Gasteiger partial charge in [0.1, 0.15) is 12.4 Å². The lowest BCUT2D eigenvalue weighted by Crippen LogP contribution is -2.18. The average molecular weight is 221 g/mol. The summed E-state index contributed by atoms with van der Waals surface area (Å²) in [5.74, 6) is 0. The van der Waals surface area contributed by atoms with Gasteiger partial charge in [0.05, 0.1) is 0 Å². The van der Waals surface area contributed by atoms with Crippen LogP contribution in [0.3, 0.4) is 0 Å². The predicted octanol–water partition coefficient (Wildman–Crippen LogP) is 2.00. The molecule has 2 aromatic rings. The molecule has 2 amide bonds. The van der Waals surface area contributed by atoms with Crippen LogP contribution in [-0.2, 0) is 0 Å². The minimum atomic E-state index is -0.754. The van der Waals surface area contributed by atoms with Gasteiger partial charge in [0, 0.05) is 14.4 Å². The summed E-state index contributed by atoms with van der Waals surface area (Å²) in [6, 6.07) is 8.90. The molecule has 1 aromatic carbocycles. The molecule has 0 saturated heterocycles. The molecule has 0 spiro atoms. The van der Waals surface area contributed by atoms with Crippen molar-refractivity contribution >= 4 is 22.8 Å². The molecule has 0 aliphatic heterocycles. The fourth-order valence-corrected chi connectivity index (χ4v) is 1.73. The largest absolute Gasteiger partial charge is 0.367 e. The summed E-state index contributed by atoms with van der Waals surface area (Å²) in [6.07, 6.45) is 3.12. The van der Waals surface area contributed by atoms with E-state index in [9.17, 15) is 4.79 Å². The van der Waals surface area contributed by atoms with Crippen LogP contribution in [0.5, 0.6) is 0 Å².